The van der Waals surface area contributed by atoms with Crippen LogP contribution in [-0.4, -0.2) is 51.1 Å². The number of H-pyrrole nitrogens is 1. The van der Waals surface area contributed by atoms with Crippen LogP contribution in [0.5, 0.6) is 5.75 Å². The molecular formula is C19H28N4O. The van der Waals surface area contributed by atoms with Gasteiger partial charge in [-0.25, -0.2) is 4.98 Å². The number of likely N-dealkylation sites (tertiary alicyclic amines) is 2. The molecule has 2 N–H and O–H groups in total. The molecule has 0 aliphatic carbocycles. The van der Waals surface area contributed by atoms with Gasteiger partial charge in [0.1, 0.15) is 5.75 Å². The van der Waals surface area contributed by atoms with E-state index < -0.39 is 0 Å². The normalized spacial score (nSPS) is 20.7. The van der Waals surface area contributed by atoms with Crippen LogP contribution in [-0.2, 0) is 13.1 Å². The standard InChI is InChI=1S/C19H28N4O/c24-19-15(12-22-7-3-1-4-8-22)11-17-18(21-14-20-17)16(19)13-23-9-5-2-6-10-23/h11,14,24H,1-10,12-13H2,(H,20,21). The lowest BCUT2D eigenvalue weighted by atomic mass is 10.0. The van der Waals surface area contributed by atoms with Gasteiger partial charge >= 0.3 is 0 Å². The number of aromatic nitrogens is 2. The third kappa shape index (κ3) is 3.28. The van der Waals surface area contributed by atoms with Gasteiger partial charge in [-0.3, -0.25) is 9.80 Å². The number of hydrogen-bond donors (Lipinski definition) is 2. The molecule has 2 aromatic rings. The van der Waals surface area contributed by atoms with Crippen LogP contribution < -0.4 is 0 Å². The van der Waals surface area contributed by atoms with Crippen LogP contribution in [0.1, 0.15) is 49.7 Å². The molecule has 0 spiro atoms. The van der Waals surface area contributed by atoms with E-state index in [1.807, 2.05) is 0 Å². The molecule has 1 aromatic carbocycles. The number of phenols is 1. The van der Waals surface area contributed by atoms with Crippen LogP contribution in [0.3, 0.4) is 0 Å². The molecule has 2 fully saturated rings. The lowest BCUT2D eigenvalue weighted by Crippen LogP contribution is -2.30. The van der Waals surface area contributed by atoms with E-state index >= 15 is 0 Å². The number of fused-ring (bicyclic) bond motifs is 1. The zero-order valence-corrected chi connectivity index (χ0v) is 14.4. The predicted octanol–water partition coefficient (Wildman–Crippen LogP) is 3.24. The maximum Gasteiger partial charge on any atom is 0.126 e. The van der Waals surface area contributed by atoms with Crippen molar-refractivity contribution in [2.24, 2.45) is 0 Å². The van der Waals surface area contributed by atoms with E-state index in [-0.39, 0.29) is 0 Å². The van der Waals surface area contributed by atoms with Gasteiger partial charge in [-0.2, -0.15) is 0 Å². The molecule has 3 heterocycles. The fourth-order valence-electron chi connectivity index (χ4n) is 4.17. The quantitative estimate of drug-likeness (QED) is 0.905. The average Bonchev–Trinajstić information content (AvgIpc) is 3.08. The first-order valence-corrected chi connectivity index (χ1v) is 9.43. The molecule has 0 radical (unpaired) electrons. The van der Waals surface area contributed by atoms with Crippen molar-refractivity contribution in [2.75, 3.05) is 26.2 Å². The van der Waals surface area contributed by atoms with Crippen LogP contribution in [0.25, 0.3) is 11.0 Å². The minimum absolute atomic E-state index is 0.464. The van der Waals surface area contributed by atoms with Crippen molar-refractivity contribution in [3.8, 4) is 5.75 Å². The molecule has 0 bridgehead atoms. The third-order valence-electron chi connectivity index (χ3n) is 5.54. The Morgan fingerprint density at radius 2 is 1.54 bits per heavy atom. The summed E-state index contributed by atoms with van der Waals surface area (Å²) in [5, 5.41) is 11.0. The van der Waals surface area contributed by atoms with Crippen LogP contribution in [0, 0.1) is 0 Å². The highest BCUT2D eigenvalue weighted by molar-refractivity contribution is 5.82. The minimum Gasteiger partial charge on any atom is -0.507 e. The number of piperidine rings is 2. The van der Waals surface area contributed by atoms with E-state index in [1.54, 1.807) is 6.33 Å². The number of nitrogens with zero attached hydrogens (tertiary/aromatic N) is 3. The van der Waals surface area contributed by atoms with Crippen LogP contribution in [0.4, 0.5) is 0 Å². The van der Waals surface area contributed by atoms with Gasteiger partial charge in [0.2, 0.25) is 0 Å². The monoisotopic (exact) mass is 328 g/mol. The summed E-state index contributed by atoms with van der Waals surface area (Å²) in [6.45, 7) is 6.18. The van der Waals surface area contributed by atoms with Crippen molar-refractivity contribution in [2.45, 2.75) is 51.6 Å². The highest BCUT2D eigenvalue weighted by Crippen LogP contribution is 2.32. The van der Waals surface area contributed by atoms with Gasteiger partial charge in [-0.05, 0) is 57.9 Å². The molecule has 0 saturated carbocycles. The van der Waals surface area contributed by atoms with Crippen LogP contribution in [0.2, 0.25) is 0 Å². The highest BCUT2D eigenvalue weighted by atomic mass is 16.3. The van der Waals surface area contributed by atoms with Gasteiger partial charge in [0.05, 0.1) is 17.4 Å². The molecule has 2 saturated heterocycles. The Kier molecular flexibility index (Phi) is 4.72. The number of hydrogen-bond acceptors (Lipinski definition) is 4. The lowest BCUT2D eigenvalue weighted by Gasteiger charge is -2.29. The van der Waals surface area contributed by atoms with Gasteiger partial charge in [-0.15, -0.1) is 0 Å². The summed E-state index contributed by atoms with van der Waals surface area (Å²) in [4.78, 5) is 12.6. The van der Waals surface area contributed by atoms with Gasteiger partial charge in [0, 0.05) is 24.2 Å². The molecule has 5 nitrogen and oxygen atoms in total. The minimum atomic E-state index is 0.464. The van der Waals surface area contributed by atoms with E-state index in [1.165, 1.54) is 38.5 Å². The number of aromatic hydroxyl groups is 1. The molecular weight excluding hydrogens is 300 g/mol. The first-order chi connectivity index (χ1) is 11.8. The Morgan fingerprint density at radius 1 is 0.917 bits per heavy atom. The van der Waals surface area contributed by atoms with E-state index in [0.717, 1.165) is 61.4 Å². The summed E-state index contributed by atoms with van der Waals surface area (Å²) >= 11 is 0. The number of aromatic amines is 1. The number of benzene rings is 1. The first kappa shape index (κ1) is 15.9. The Labute approximate surface area is 143 Å². The Hall–Kier alpha value is -1.59. The third-order valence-corrected chi connectivity index (χ3v) is 5.54. The van der Waals surface area contributed by atoms with Crippen molar-refractivity contribution in [1.29, 1.82) is 0 Å². The predicted molar refractivity (Wildman–Crippen MR) is 96.0 cm³/mol. The largest absolute Gasteiger partial charge is 0.507 e. The van der Waals surface area contributed by atoms with Crippen molar-refractivity contribution in [3.05, 3.63) is 23.5 Å². The second-order valence-electron chi connectivity index (χ2n) is 7.34. The second-order valence-corrected chi connectivity index (χ2v) is 7.34. The molecule has 130 valence electrons. The molecule has 4 rings (SSSR count). The van der Waals surface area contributed by atoms with Crippen molar-refractivity contribution in [3.63, 3.8) is 0 Å². The zero-order chi connectivity index (χ0) is 16.4. The van der Waals surface area contributed by atoms with Crippen LogP contribution in [0.15, 0.2) is 12.4 Å². The number of phenolic OH excluding ortho intramolecular Hbond substituents is 1. The molecule has 0 amide bonds. The Morgan fingerprint density at radius 3 is 2.21 bits per heavy atom. The molecule has 2 aliphatic heterocycles. The summed E-state index contributed by atoms with van der Waals surface area (Å²) in [5.74, 6) is 0.464. The van der Waals surface area contributed by atoms with Gasteiger partial charge in [-0.1, -0.05) is 12.8 Å². The Balaban J connectivity index is 1.63. The Bertz CT molecular complexity index is 684. The lowest BCUT2D eigenvalue weighted by molar-refractivity contribution is 0.213. The molecule has 0 atom stereocenters. The SMILES string of the molecule is Oc1c(CN2CCCCC2)cc2[nH]cnc2c1CN1CCCCC1. The summed E-state index contributed by atoms with van der Waals surface area (Å²) in [5.41, 5.74) is 4.02. The fraction of sp³-hybridized carbons (Fsp3) is 0.632. The topological polar surface area (TPSA) is 55.4 Å². The molecule has 0 unspecified atom stereocenters. The molecule has 1 aromatic heterocycles. The molecule has 2 aliphatic rings. The van der Waals surface area contributed by atoms with E-state index in [9.17, 15) is 5.11 Å². The van der Waals surface area contributed by atoms with E-state index in [0.29, 0.717) is 5.75 Å². The number of imidazole rings is 1. The van der Waals surface area contributed by atoms with Gasteiger partial charge in [0.15, 0.2) is 0 Å². The fourth-order valence-corrected chi connectivity index (χ4v) is 4.17. The van der Waals surface area contributed by atoms with Gasteiger partial charge < -0.3 is 10.1 Å². The van der Waals surface area contributed by atoms with Crippen molar-refractivity contribution >= 4 is 11.0 Å². The number of rotatable bonds is 4. The van der Waals surface area contributed by atoms with Gasteiger partial charge in [0.25, 0.3) is 0 Å². The van der Waals surface area contributed by atoms with E-state index in [2.05, 4.69) is 25.8 Å². The van der Waals surface area contributed by atoms with E-state index in [4.69, 9.17) is 0 Å². The van der Waals surface area contributed by atoms with Crippen LogP contribution >= 0.6 is 0 Å². The highest BCUT2D eigenvalue weighted by Gasteiger charge is 2.20. The van der Waals surface area contributed by atoms with Crippen molar-refractivity contribution < 1.29 is 5.11 Å². The number of nitrogens with one attached hydrogen (secondary N) is 1. The summed E-state index contributed by atoms with van der Waals surface area (Å²) in [7, 11) is 0. The molecule has 5 heteroatoms. The van der Waals surface area contributed by atoms with Crippen molar-refractivity contribution in [1.82, 2.24) is 19.8 Å². The second kappa shape index (κ2) is 7.11. The zero-order valence-electron chi connectivity index (χ0n) is 14.4. The smallest absolute Gasteiger partial charge is 0.126 e. The summed E-state index contributed by atoms with van der Waals surface area (Å²) < 4.78 is 0. The summed E-state index contributed by atoms with van der Waals surface area (Å²) in [6, 6.07) is 2.09. The maximum absolute atomic E-state index is 11.0. The summed E-state index contributed by atoms with van der Waals surface area (Å²) in [6.07, 6.45) is 9.48. The first-order valence-electron chi connectivity index (χ1n) is 9.43. The maximum atomic E-state index is 11.0. The average molecular weight is 328 g/mol. The molecule has 24 heavy (non-hydrogen) atoms.